The van der Waals surface area contributed by atoms with Crippen LogP contribution < -0.4 is 10.1 Å². The van der Waals surface area contributed by atoms with Crippen molar-refractivity contribution >= 4 is 51.2 Å². The molecule has 0 saturated carbocycles. The van der Waals surface area contributed by atoms with Crippen molar-refractivity contribution in [3.05, 3.63) is 37.3 Å². The summed E-state index contributed by atoms with van der Waals surface area (Å²) in [6.45, 7) is 0.716. The van der Waals surface area contributed by atoms with E-state index in [1.165, 1.54) is 11.3 Å². The highest BCUT2D eigenvalue weighted by atomic mass is 127. The molecule has 2 rings (SSSR count). The lowest BCUT2D eigenvalue weighted by Crippen LogP contribution is -1.98. The van der Waals surface area contributed by atoms with Gasteiger partial charge >= 0.3 is 0 Å². The molecule has 0 aliphatic rings. The van der Waals surface area contributed by atoms with Gasteiger partial charge in [-0.3, -0.25) is 0 Å². The van der Waals surface area contributed by atoms with E-state index in [2.05, 4.69) is 32.9 Å². The van der Waals surface area contributed by atoms with Gasteiger partial charge in [-0.05, 0) is 34.7 Å². The number of nitrogens with zero attached hydrogens (tertiary/aromatic N) is 1. The fraction of sp³-hybridized carbons (Fsp3) is 0.182. The van der Waals surface area contributed by atoms with Crippen LogP contribution in [0.1, 0.15) is 4.88 Å². The Morgan fingerprint density at radius 1 is 1.53 bits per heavy atom. The first-order valence-electron chi connectivity index (χ1n) is 4.86. The minimum absolute atomic E-state index is 0.571. The molecule has 0 unspecified atom stereocenters. The third kappa shape index (κ3) is 3.46. The van der Waals surface area contributed by atoms with Crippen LogP contribution in [0.3, 0.4) is 0 Å². The summed E-state index contributed by atoms with van der Waals surface area (Å²) in [4.78, 5) is 5.10. The third-order valence-corrected chi connectivity index (χ3v) is 4.15. The number of anilines is 1. The summed E-state index contributed by atoms with van der Waals surface area (Å²) in [6, 6.07) is 6.01. The first-order valence-corrected chi connectivity index (χ1v) is 7.14. The number of thiazole rings is 1. The number of halogens is 2. The van der Waals surface area contributed by atoms with Crippen LogP contribution in [-0.2, 0) is 6.54 Å². The molecule has 1 heterocycles. The van der Waals surface area contributed by atoms with E-state index in [1.807, 2.05) is 18.2 Å². The van der Waals surface area contributed by atoms with Crippen LogP contribution >= 0.6 is 45.5 Å². The van der Waals surface area contributed by atoms with Gasteiger partial charge < -0.3 is 10.1 Å². The molecule has 0 fully saturated rings. The average Bonchev–Trinajstić information content (AvgIpc) is 2.74. The van der Waals surface area contributed by atoms with Crippen LogP contribution in [0, 0.1) is 3.57 Å². The fourth-order valence-corrected chi connectivity index (χ4v) is 2.80. The molecule has 0 atom stereocenters. The van der Waals surface area contributed by atoms with Crippen molar-refractivity contribution in [3.8, 4) is 5.75 Å². The maximum Gasteiger partial charge on any atom is 0.183 e. The van der Waals surface area contributed by atoms with E-state index in [9.17, 15) is 0 Å². The highest BCUT2D eigenvalue weighted by molar-refractivity contribution is 14.1. The Hall–Kier alpha value is -0.530. The lowest BCUT2D eigenvalue weighted by Gasteiger charge is -2.08. The van der Waals surface area contributed by atoms with Crippen LogP contribution in [0.2, 0.25) is 4.47 Å². The highest BCUT2D eigenvalue weighted by Crippen LogP contribution is 2.25. The maximum absolute atomic E-state index is 5.77. The molecule has 6 heteroatoms. The second-order valence-electron chi connectivity index (χ2n) is 3.28. The second-order valence-corrected chi connectivity index (χ2v) is 6.14. The zero-order chi connectivity index (χ0) is 12.3. The van der Waals surface area contributed by atoms with E-state index in [0.717, 1.165) is 19.9 Å². The third-order valence-electron chi connectivity index (χ3n) is 2.14. The number of aromatic nitrogens is 1. The summed E-state index contributed by atoms with van der Waals surface area (Å²) in [6.07, 6.45) is 1.78. The molecule has 0 aliphatic heterocycles. The quantitative estimate of drug-likeness (QED) is 0.814. The van der Waals surface area contributed by atoms with Gasteiger partial charge in [-0.2, -0.15) is 0 Å². The highest BCUT2D eigenvalue weighted by Gasteiger charge is 2.03. The molecule has 90 valence electrons. The minimum atomic E-state index is 0.571. The van der Waals surface area contributed by atoms with E-state index in [4.69, 9.17) is 16.3 Å². The van der Waals surface area contributed by atoms with E-state index < -0.39 is 0 Å². The maximum atomic E-state index is 5.77. The zero-order valence-electron chi connectivity index (χ0n) is 9.04. The topological polar surface area (TPSA) is 34.1 Å². The molecule has 0 radical (unpaired) electrons. The SMILES string of the molecule is COc1cc(NCc2cnc(Cl)s2)ccc1I. The van der Waals surface area contributed by atoms with Crippen molar-refractivity contribution in [1.82, 2.24) is 4.98 Å². The lowest BCUT2D eigenvalue weighted by atomic mass is 10.3. The normalized spacial score (nSPS) is 10.3. The Bertz CT molecular complexity index is 518. The second kappa shape index (κ2) is 5.88. The molecule has 2 aromatic rings. The molecule has 1 N–H and O–H groups in total. The predicted octanol–water partition coefficient (Wildman–Crippen LogP) is 4.02. The van der Waals surface area contributed by atoms with Crippen molar-refractivity contribution in [2.24, 2.45) is 0 Å². The van der Waals surface area contributed by atoms with Crippen LogP contribution in [0.4, 0.5) is 5.69 Å². The molecule has 0 spiro atoms. The first-order chi connectivity index (χ1) is 8.19. The van der Waals surface area contributed by atoms with Gasteiger partial charge in [0.15, 0.2) is 4.47 Å². The number of benzene rings is 1. The fourth-order valence-electron chi connectivity index (χ4n) is 1.32. The summed E-state index contributed by atoms with van der Waals surface area (Å²) in [5.41, 5.74) is 1.02. The van der Waals surface area contributed by atoms with Gasteiger partial charge in [-0.25, -0.2) is 4.98 Å². The Morgan fingerprint density at radius 3 is 3.00 bits per heavy atom. The summed E-state index contributed by atoms with van der Waals surface area (Å²) < 4.78 is 6.93. The van der Waals surface area contributed by atoms with Crippen molar-refractivity contribution in [3.63, 3.8) is 0 Å². The van der Waals surface area contributed by atoms with Crippen LogP contribution in [0.5, 0.6) is 5.75 Å². The summed E-state index contributed by atoms with van der Waals surface area (Å²) >= 11 is 9.49. The van der Waals surface area contributed by atoms with E-state index >= 15 is 0 Å². The first kappa shape index (κ1) is 12.9. The predicted molar refractivity (Wildman–Crippen MR) is 80.2 cm³/mol. The lowest BCUT2D eigenvalue weighted by molar-refractivity contribution is 0.412. The van der Waals surface area contributed by atoms with Gasteiger partial charge in [-0.15, -0.1) is 11.3 Å². The number of hydrogen-bond donors (Lipinski definition) is 1. The van der Waals surface area contributed by atoms with Crippen molar-refractivity contribution in [2.45, 2.75) is 6.54 Å². The van der Waals surface area contributed by atoms with Gasteiger partial charge in [0.05, 0.1) is 17.2 Å². The van der Waals surface area contributed by atoms with Crippen molar-refractivity contribution in [2.75, 3.05) is 12.4 Å². The zero-order valence-corrected chi connectivity index (χ0v) is 12.8. The van der Waals surface area contributed by atoms with Gasteiger partial charge in [-0.1, -0.05) is 11.6 Å². The molecule has 17 heavy (non-hydrogen) atoms. The van der Waals surface area contributed by atoms with Crippen LogP contribution in [-0.4, -0.2) is 12.1 Å². The molecule has 0 amide bonds. The Balaban J connectivity index is 2.04. The summed E-state index contributed by atoms with van der Waals surface area (Å²) in [5, 5.41) is 3.30. The standard InChI is InChI=1S/C11H10ClIN2OS/c1-16-10-4-7(2-3-9(10)13)14-5-8-6-15-11(12)17-8/h2-4,6,14H,5H2,1H3. The number of methoxy groups -OCH3 is 1. The van der Waals surface area contributed by atoms with E-state index in [-0.39, 0.29) is 0 Å². The molecule has 0 bridgehead atoms. The van der Waals surface area contributed by atoms with Crippen LogP contribution in [0.25, 0.3) is 0 Å². The van der Waals surface area contributed by atoms with Gasteiger partial charge in [0.25, 0.3) is 0 Å². The summed E-state index contributed by atoms with van der Waals surface area (Å²) in [7, 11) is 1.67. The number of nitrogens with one attached hydrogen (secondary N) is 1. The molecule has 1 aromatic carbocycles. The number of hydrogen-bond acceptors (Lipinski definition) is 4. The van der Waals surface area contributed by atoms with Crippen molar-refractivity contribution < 1.29 is 4.74 Å². The summed E-state index contributed by atoms with van der Waals surface area (Å²) in [5.74, 6) is 0.873. The smallest absolute Gasteiger partial charge is 0.183 e. The number of ether oxygens (including phenoxy) is 1. The van der Waals surface area contributed by atoms with Crippen molar-refractivity contribution in [1.29, 1.82) is 0 Å². The van der Waals surface area contributed by atoms with Gasteiger partial charge in [0.2, 0.25) is 0 Å². The van der Waals surface area contributed by atoms with Gasteiger partial charge in [0, 0.05) is 22.8 Å². The molecule has 0 aliphatic carbocycles. The minimum Gasteiger partial charge on any atom is -0.496 e. The van der Waals surface area contributed by atoms with Gasteiger partial charge in [0.1, 0.15) is 5.75 Å². The molecular formula is C11H10ClIN2OS. The molecule has 1 aromatic heterocycles. The molecular weight excluding hydrogens is 371 g/mol. The Labute approximate surface area is 122 Å². The number of rotatable bonds is 4. The molecule has 3 nitrogen and oxygen atoms in total. The monoisotopic (exact) mass is 380 g/mol. The van der Waals surface area contributed by atoms with Crippen LogP contribution in [0.15, 0.2) is 24.4 Å². The Kier molecular flexibility index (Phi) is 4.47. The largest absolute Gasteiger partial charge is 0.496 e. The average molecular weight is 381 g/mol. The van der Waals surface area contributed by atoms with E-state index in [1.54, 1.807) is 13.3 Å². The molecule has 0 saturated heterocycles. The van der Waals surface area contributed by atoms with E-state index in [0.29, 0.717) is 11.0 Å². The Morgan fingerprint density at radius 2 is 2.35 bits per heavy atom.